The maximum Gasteiger partial charge on any atom is 0.119 e. The fourth-order valence-electron chi connectivity index (χ4n) is 1.53. The molecule has 0 fully saturated rings. The summed E-state index contributed by atoms with van der Waals surface area (Å²) in [6.45, 7) is 4.86. The molecule has 0 spiro atoms. The van der Waals surface area contributed by atoms with Gasteiger partial charge in [-0.3, -0.25) is 0 Å². The number of benzene rings is 2. The molecule has 0 saturated heterocycles. The molecule has 1 heteroatoms. The second kappa shape index (κ2) is 4.84. The zero-order valence-electron chi connectivity index (χ0n) is 9.66. The monoisotopic (exact) mass is 211 g/mol. The molecule has 0 aliphatic rings. The van der Waals surface area contributed by atoms with Gasteiger partial charge in [0.1, 0.15) is 12.4 Å². The number of rotatable bonds is 3. The molecule has 0 heterocycles. The van der Waals surface area contributed by atoms with Crippen molar-refractivity contribution in [2.75, 3.05) is 0 Å². The van der Waals surface area contributed by atoms with Gasteiger partial charge in [0.05, 0.1) is 0 Å². The Bertz CT molecular complexity index is 460. The van der Waals surface area contributed by atoms with Crippen molar-refractivity contribution in [1.82, 2.24) is 0 Å². The molecule has 2 rings (SSSR count). The molecule has 2 aromatic rings. The van der Waals surface area contributed by atoms with Crippen LogP contribution in [-0.4, -0.2) is 0 Å². The van der Waals surface area contributed by atoms with E-state index in [-0.39, 0.29) is 0 Å². The fourth-order valence-corrected chi connectivity index (χ4v) is 1.53. The summed E-state index contributed by atoms with van der Waals surface area (Å²) in [7, 11) is 0. The Hall–Kier alpha value is -1.76. The third kappa shape index (κ3) is 2.63. The summed E-state index contributed by atoms with van der Waals surface area (Å²) >= 11 is 0. The first-order chi connectivity index (χ1) is 7.75. The molecule has 0 saturated carbocycles. The van der Waals surface area contributed by atoms with Crippen LogP contribution < -0.4 is 4.74 Å². The molecule has 1 nitrogen and oxygen atoms in total. The molecular formula is C15H15O. The molecule has 0 bridgehead atoms. The number of aryl methyl sites for hydroxylation is 2. The summed E-state index contributed by atoms with van der Waals surface area (Å²) in [4.78, 5) is 0. The van der Waals surface area contributed by atoms with Gasteiger partial charge >= 0.3 is 0 Å². The van der Waals surface area contributed by atoms with Gasteiger partial charge < -0.3 is 4.74 Å². The second-order valence-corrected chi connectivity index (χ2v) is 3.94. The third-order valence-electron chi connectivity index (χ3n) is 2.66. The highest BCUT2D eigenvalue weighted by atomic mass is 16.5. The molecule has 0 aliphatic heterocycles. The van der Waals surface area contributed by atoms with E-state index >= 15 is 0 Å². The van der Waals surface area contributed by atoms with Crippen LogP contribution in [0.2, 0.25) is 0 Å². The number of ether oxygens (including phenoxy) is 1. The number of hydrogen-bond donors (Lipinski definition) is 0. The van der Waals surface area contributed by atoms with Gasteiger partial charge in [0, 0.05) is 0 Å². The topological polar surface area (TPSA) is 9.23 Å². The maximum absolute atomic E-state index is 5.67. The Morgan fingerprint density at radius 3 is 2.44 bits per heavy atom. The van der Waals surface area contributed by atoms with Crippen LogP contribution in [0.5, 0.6) is 5.75 Å². The van der Waals surface area contributed by atoms with E-state index in [2.05, 4.69) is 38.1 Å². The van der Waals surface area contributed by atoms with Crippen LogP contribution in [0.1, 0.15) is 16.7 Å². The van der Waals surface area contributed by atoms with Crippen LogP contribution in [-0.2, 0) is 6.61 Å². The molecule has 0 aliphatic carbocycles. The van der Waals surface area contributed by atoms with Crippen molar-refractivity contribution in [3.8, 4) is 5.75 Å². The van der Waals surface area contributed by atoms with E-state index in [4.69, 9.17) is 4.74 Å². The van der Waals surface area contributed by atoms with Crippen LogP contribution in [0.15, 0.2) is 42.5 Å². The SMILES string of the molecule is Cc1ccc(COc2cc[c]cc2)cc1C. The largest absolute Gasteiger partial charge is 0.489 e. The zero-order valence-corrected chi connectivity index (χ0v) is 9.66. The van der Waals surface area contributed by atoms with Crippen LogP contribution in [0.4, 0.5) is 0 Å². The lowest BCUT2D eigenvalue weighted by atomic mass is 10.1. The predicted octanol–water partition coefficient (Wildman–Crippen LogP) is 3.68. The molecule has 0 N–H and O–H groups in total. The minimum atomic E-state index is 0.616. The number of hydrogen-bond acceptors (Lipinski definition) is 1. The summed E-state index contributed by atoms with van der Waals surface area (Å²) < 4.78 is 5.67. The second-order valence-electron chi connectivity index (χ2n) is 3.94. The summed E-state index contributed by atoms with van der Waals surface area (Å²) in [6.07, 6.45) is 0. The molecule has 0 amide bonds. The van der Waals surface area contributed by atoms with Gasteiger partial charge in [0.25, 0.3) is 0 Å². The van der Waals surface area contributed by atoms with E-state index in [1.54, 1.807) is 0 Å². The lowest BCUT2D eigenvalue weighted by Crippen LogP contribution is -1.96. The first-order valence-electron chi connectivity index (χ1n) is 5.41. The average molecular weight is 211 g/mol. The average Bonchev–Trinajstić information content (AvgIpc) is 2.32. The van der Waals surface area contributed by atoms with Crippen LogP contribution in [0.3, 0.4) is 0 Å². The van der Waals surface area contributed by atoms with Crippen molar-refractivity contribution in [3.63, 3.8) is 0 Å². The van der Waals surface area contributed by atoms with E-state index < -0.39 is 0 Å². The van der Waals surface area contributed by atoms with Crippen LogP contribution in [0, 0.1) is 19.9 Å². The van der Waals surface area contributed by atoms with Gasteiger partial charge in [-0.05, 0) is 48.7 Å². The van der Waals surface area contributed by atoms with Gasteiger partial charge in [-0.2, -0.15) is 0 Å². The van der Waals surface area contributed by atoms with Gasteiger partial charge in [-0.15, -0.1) is 0 Å². The van der Waals surface area contributed by atoms with E-state index in [0.29, 0.717) is 6.61 Å². The summed E-state index contributed by atoms with van der Waals surface area (Å²) in [5.41, 5.74) is 3.83. The Kier molecular flexibility index (Phi) is 3.25. The Morgan fingerprint density at radius 2 is 1.75 bits per heavy atom. The van der Waals surface area contributed by atoms with Crippen LogP contribution in [0.25, 0.3) is 0 Å². The van der Waals surface area contributed by atoms with Crippen molar-refractivity contribution in [1.29, 1.82) is 0 Å². The molecule has 0 unspecified atom stereocenters. The van der Waals surface area contributed by atoms with Crippen molar-refractivity contribution in [2.24, 2.45) is 0 Å². The normalized spacial score (nSPS) is 10.1. The molecule has 2 aromatic carbocycles. The van der Waals surface area contributed by atoms with E-state index in [9.17, 15) is 0 Å². The molecule has 0 aromatic heterocycles. The smallest absolute Gasteiger partial charge is 0.119 e. The van der Waals surface area contributed by atoms with Gasteiger partial charge in [-0.25, -0.2) is 0 Å². The van der Waals surface area contributed by atoms with Crippen molar-refractivity contribution < 1.29 is 4.74 Å². The highest BCUT2D eigenvalue weighted by molar-refractivity contribution is 5.30. The zero-order chi connectivity index (χ0) is 11.4. The lowest BCUT2D eigenvalue weighted by molar-refractivity contribution is 0.306. The molecule has 16 heavy (non-hydrogen) atoms. The highest BCUT2D eigenvalue weighted by Crippen LogP contribution is 2.14. The minimum absolute atomic E-state index is 0.616. The summed E-state index contributed by atoms with van der Waals surface area (Å²) in [5.74, 6) is 0.886. The van der Waals surface area contributed by atoms with Gasteiger partial charge in [0.2, 0.25) is 0 Å². The Morgan fingerprint density at radius 1 is 1.00 bits per heavy atom. The Balaban J connectivity index is 2.03. The van der Waals surface area contributed by atoms with Crippen LogP contribution >= 0.6 is 0 Å². The molecule has 0 atom stereocenters. The highest BCUT2D eigenvalue weighted by Gasteiger charge is 1.97. The molecule has 1 radical (unpaired) electrons. The van der Waals surface area contributed by atoms with E-state index in [1.165, 1.54) is 16.7 Å². The predicted molar refractivity (Wildman–Crippen MR) is 65.5 cm³/mol. The van der Waals surface area contributed by atoms with Crippen molar-refractivity contribution in [3.05, 3.63) is 65.2 Å². The molecular weight excluding hydrogens is 196 g/mol. The Labute approximate surface area is 96.7 Å². The first kappa shape index (κ1) is 10.7. The first-order valence-corrected chi connectivity index (χ1v) is 5.41. The maximum atomic E-state index is 5.67. The summed E-state index contributed by atoms with van der Waals surface area (Å²) in [5, 5.41) is 0. The van der Waals surface area contributed by atoms with E-state index in [0.717, 1.165) is 5.75 Å². The molecule has 81 valence electrons. The lowest BCUT2D eigenvalue weighted by Gasteiger charge is -2.07. The fraction of sp³-hybridized carbons (Fsp3) is 0.200. The quantitative estimate of drug-likeness (QED) is 0.752. The standard InChI is InChI=1S/C15H15O/c1-12-8-9-14(10-13(12)2)11-16-15-6-4-3-5-7-15/h4-10H,11H2,1-2H3. The van der Waals surface area contributed by atoms with Crippen molar-refractivity contribution >= 4 is 0 Å². The van der Waals surface area contributed by atoms with Gasteiger partial charge in [-0.1, -0.05) is 30.3 Å². The summed E-state index contributed by atoms with van der Waals surface area (Å²) in [6, 6.07) is 16.9. The van der Waals surface area contributed by atoms with Gasteiger partial charge in [0.15, 0.2) is 0 Å². The van der Waals surface area contributed by atoms with Crippen molar-refractivity contribution in [2.45, 2.75) is 20.5 Å². The third-order valence-corrected chi connectivity index (χ3v) is 2.66. The minimum Gasteiger partial charge on any atom is -0.489 e. The van der Waals surface area contributed by atoms with E-state index in [1.807, 2.05) is 24.3 Å².